The van der Waals surface area contributed by atoms with Crippen molar-refractivity contribution in [1.82, 2.24) is 4.98 Å². The molecule has 0 rings (SSSR count). The molecule has 0 radical (unpaired) electrons. The highest BCUT2D eigenvalue weighted by Crippen LogP contribution is 1.38. The highest BCUT2D eigenvalue weighted by molar-refractivity contribution is 6.21. The Labute approximate surface area is 33.5 Å². The van der Waals surface area contributed by atoms with E-state index in [1.54, 1.807) is 0 Å². The van der Waals surface area contributed by atoms with Gasteiger partial charge in [-0.25, -0.2) is 0 Å². The van der Waals surface area contributed by atoms with E-state index in [0.717, 1.165) is 0 Å². The molecule has 0 spiro atoms. The van der Waals surface area contributed by atoms with Gasteiger partial charge in [-0.2, -0.15) is 0 Å². The first kappa shape index (κ1) is 4.72. The fraction of sp³-hybridized carbons (Fsp3) is 0. The minimum atomic E-state index is -0.954. The molecule has 2 N–H and O–H groups in total. The zero-order valence-corrected chi connectivity index (χ0v) is 4.35. The summed E-state index contributed by atoms with van der Waals surface area (Å²) in [7, 11) is -0.954. The van der Waals surface area contributed by atoms with Gasteiger partial charge in [-0.1, -0.05) is 6.58 Å². The van der Waals surface area contributed by atoms with Crippen molar-refractivity contribution in [3.63, 3.8) is 0 Å². The molecule has 5 heavy (non-hydrogen) atoms. The largest absolute Gasteiger partial charge is 0.420 e. The minimum Gasteiger partial charge on any atom is -0.420 e. The van der Waals surface area contributed by atoms with Crippen LogP contribution in [-0.4, -0.2) is 14.7 Å². The van der Waals surface area contributed by atoms with Gasteiger partial charge in [0.15, 0.2) is 0 Å². The van der Waals surface area contributed by atoms with Gasteiger partial charge in [-0.3, -0.25) is 0 Å². The van der Waals surface area contributed by atoms with Crippen LogP contribution < -0.4 is 4.98 Å². The van der Waals surface area contributed by atoms with E-state index in [4.69, 9.17) is 4.80 Å². The fourth-order valence-corrected chi connectivity index (χ4v) is 0.194. The van der Waals surface area contributed by atoms with Crippen LogP contribution in [0.5, 0.6) is 0 Å². The molecule has 0 aliphatic heterocycles. The molecule has 2 nitrogen and oxygen atoms in total. The van der Waals surface area contributed by atoms with Crippen LogP contribution in [0.4, 0.5) is 0 Å². The van der Waals surface area contributed by atoms with Crippen LogP contribution in [0.1, 0.15) is 0 Å². The maximum absolute atomic E-state index is 8.02. The molecule has 0 saturated heterocycles. The van der Waals surface area contributed by atoms with E-state index in [0.29, 0.717) is 0 Å². The van der Waals surface area contributed by atoms with E-state index in [1.807, 2.05) is 0 Å². The lowest BCUT2D eigenvalue weighted by Crippen LogP contribution is -2.08. The van der Waals surface area contributed by atoms with Crippen LogP contribution in [-0.2, 0) is 0 Å². The molecule has 0 aliphatic rings. The lowest BCUT2D eigenvalue weighted by Gasteiger charge is -1.81. The summed E-state index contributed by atoms with van der Waals surface area (Å²) in [5, 5.41) is 0. The Kier molecular flexibility index (Phi) is 3.51. The minimum absolute atomic E-state index is 0.954. The van der Waals surface area contributed by atoms with Gasteiger partial charge in [0.2, 0.25) is 0 Å². The molecular weight excluding hydrogens is 82.1 g/mol. The quantitative estimate of drug-likeness (QED) is 0.413. The van der Waals surface area contributed by atoms with Crippen LogP contribution >= 0.6 is 0 Å². The van der Waals surface area contributed by atoms with Crippen molar-refractivity contribution in [1.29, 1.82) is 0 Å². The topological polar surface area (TPSA) is 32.3 Å². The summed E-state index contributed by atoms with van der Waals surface area (Å²) in [6.45, 7) is 3.31. The summed E-state index contributed by atoms with van der Waals surface area (Å²) in [6, 6.07) is 0. The lowest BCUT2D eigenvalue weighted by atomic mass is 11.1. The molecule has 0 heterocycles. The molecule has 30 valence electrons. The van der Waals surface area contributed by atoms with Crippen molar-refractivity contribution < 1.29 is 4.80 Å². The fourth-order valence-electron chi connectivity index (χ4n) is 0.0645. The second-order valence-corrected chi connectivity index (χ2v) is 1.29. The summed E-state index contributed by atoms with van der Waals surface area (Å²) in [5.41, 5.74) is 0. The number of hydrogen-bond acceptors (Lipinski definition) is 2. The Morgan fingerprint density at radius 3 is 2.60 bits per heavy atom. The molecule has 0 unspecified atom stereocenters. The Balaban J connectivity index is 2.40. The molecular formula is C2H7NOSi. The molecule has 0 atom stereocenters. The van der Waals surface area contributed by atoms with Gasteiger partial charge < -0.3 is 9.78 Å². The summed E-state index contributed by atoms with van der Waals surface area (Å²) < 4.78 is 0. The standard InChI is InChI=1S/C2H7NOSi/c1-2-3-5-4/h2-4H,1,5H2. The number of hydrogen-bond donors (Lipinski definition) is 2. The normalized spacial score (nSPS) is 9.00. The third-order valence-corrected chi connectivity index (χ3v) is 0.707. The van der Waals surface area contributed by atoms with E-state index in [-0.39, 0.29) is 0 Å². The Morgan fingerprint density at radius 1 is 2.00 bits per heavy atom. The van der Waals surface area contributed by atoms with Gasteiger partial charge in [0.25, 0.3) is 9.92 Å². The maximum atomic E-state index is 8.02. The van der Waals surface area contributed by atoms with Gasteiger partial charge in [0.05, 0.1) is 0 Å². The third kappa shape index (κ3) is 3.72. The summed E-state index contributed by atoms with van der Waals surface area (Å²) in [4.78, 5) is 10.6. The van der Waals surface area contributed by atoms with Gasteiger partial charge in [-0.05, 0) is 6.20 Å². The molecule has 0 saturated carbocycles. The van der Waals surface area contributed by atoms with Gasteiger partial charge in [0.1, 0.15) is 0 Å². The van der Waals surface area contributed by atoms with E-state index >= 15 is 0 Å². The van der Waals surface area contributed by atoms with Crippen LogP contribution in [0, 0.1) is 0 Å². The molecule has 0 aromatic carbocycles. The van der Waals surface area contributed by atoms with Gasteiger partial charge in [0, 0.05) is 0 Å². The average molecular weight is 89.2 g/mol. The molecule has 3 heteroatoms. The second kappa shape index (κ2) is 3.72. The highest BCUT2D eigenvalue weighted by Gasteiger charge is 1.58. The predicted octanol–water partition coefficient (Wildman–Crippen LogP) is -1.29. The SMILES string of the molecule is C=CN[SiH2]O. The van der Waals surface area contributed by atoms with Gasteiger partial charge >= 0.3 is 0 Å². The van der Waals surface area contributed by atoms with Crippen LogP contribution in [0.25, 0.3) is 0 Å². The smallest absolute Gasteiger partial charge is 0.261 e. The molecule has 0 fully saturated rings. The van der Waals surface area contributed by atoms with Crippen molar-refractivity contribution in [2.24, 2.45) is 0 Å². The highest BCUT2D eigenvalue weighted by atomic mass is 28.2. The van der Waals surface area contributed by atoms with E-state index in [2.05, 4.69) is 11.6 Å². The first-order valence-electron chi connectivity index (χ1n) is 1.37. The van der Waals surface area contributed by atoms with Crippen LogP contribution in [0.15, 0.2) is 12.8 Å². The van der Waals surface area contributed by atoms with E-state index in [1.165, 1.54) is 6.20 Å². The third-order valence-electron chi connectivity index (χ3n) is 0.236. The van der Waals surface area contributed by atoms with Crippen LogP contribution in [0.3, 0.4) is 0 Å². The lowest BCUT2D eigenvalue weighted by molar-refractivity contribution is 0.594. The Hall–Kier alpha value is -0.283. The van der Waals surface area contributed by atoms with Crippen molar-refractivity contribution >= 4 is 9.92 Å². The first-order chi connectivity index (χ1) is 2.41. The molecule has 0 bridgehead atoms. The predicted molar refractivity (Wildman–Crippen MR) is 24.1 cm³/mol. The molecule has 0 aliphatic carbocycles. The van der Waals surface area contributed by atoms with Gasteiger partial charge in [-0.15, -0.1) is 0 Å². The maximum Gasteiger partial charge on any atom is 0.261 e. The van der Waals surface area contributed by atoms with Crippen molar-refractivity contribution in [3.05, 3.63) is 12.8 Å². The Morgan fingerprint density at radius 2 is 2.60 bits per heavy atom. The zero-order chi connectivity index (χ0) is 4.12. The van der Waals surface area contributed by atoms with Crippen molar-refractivity contribution in [3.8, 4) is 0 Å². The average Bonchev–Trinajstić information content (AvgIpc) is 1.41. The van der Waals surface area contributed by atoms with E-state index < -0.39 is 9.92 Å². The molecule has 0 aromatic heterocycles. The van der Waals surface area contributed by atoms with Crippen molar-refractivity contribution in [2.75, 3.05) is 0 Å². The zero-order valence-electron chi connectivity index (χ0n) is 2.94. The summed E-state index contributed by atoms with van der Waals surface area (Å²) in [5.74, 6) is 0. The van der Waals surface area contributed by atoms with E-state index in [9.17, 15) is 0 Å². The number of nitrogens with one attached hydrogen (secondary N) is 1. The molecule has 0 aromatic rings. The Bertz CT molecular complexity index is 30.8. The summed E-state index contributed by atoms with van der Waals surface area (Å²) in [6.07, 6.45) is 1.49. The summed E-state index contributed by atoms with van der Waals surface area (Å²) >= 11 is 0. The monoisotopic (exact) mass is 89.0 g/mol. The number of rotatable bonds is 2. The molecule has 0 amide bonds. The van der Waals surface area contributed by atoms with Crippen molar-refractivity contribution in [2.45, 2.75) is 0 Å². The second-order valence-electron chi connectivity index (χ2n) is 0.566. The van der Waals surface area contributed by atoms with Crippen LogP contribution in [0.2, 0.25) is 0 Å². The first-order valence-corrected chi connectivity index (χ1v) is 2.71.